The van der Waals surface area contributed by atoms with Gasteiger partial charge >= 0.3 is 0 Å². The smallest absolute Gasteiger partial charge is 0.170 e. The number of hydrogen-bond acceptors (Lipinski definition) is 2. The Labute approximate surface area is 104 Å². The second-order valence-electron chi connectivity index (χ2n) is 4.28. The molecule has 1 aliphatic rings. The molecule has 0 radical (unpaired) electrons. The van der Waals surface area contributed by atoms with E-state index in [1.54, 1.807) is 24.3 Å². The molecule has 0 aromatic heterocycles. The summed E-state index contributed by atoms with van der Waals surface area (Å²) in [6.45, 7) is 0. The highest BCUT2D eigenvalue weighted by Crippen LogP contribution is 2.34. The van der Waals surface area contributed by atoms with Gasteiger partial charge in [-0.05, 0) is 29.8 Å². The van der Waals surface area contributed by atoms with Gasteiger partial charge in [-0.3, -0.25) is 4.79 Å². The topological polar surface area (TPSA) is 26.3 Å². The predicted molar refractivity (Wildman–Crippen MR) is 65.2 cm³/mol. The quantitative estimate of drug-likeness (QED) is 0.764. The molecule has 0 unspecified atom stereocenters. The number of benzene rings is 2. The van der Waals surface area contributed by atoms with Crippen LogP contribution in [0.3, 0.4) is 0 Å². The van der Waals surface area contributed by atoms with Crippen LogP contribution in [0.4, 0.5) is 4.39 Å². The number of hydrogen-bond donors (Lipinski definition) is 0. The summed E-state index contributed by atoms with van der Waals surface area (Å²) in [6, 6.07) is 13.3. The molecule has 0 saturated carbocycles. The average molecular weight is 242 g/mol. The van der Waals surface area contributed by atoms with E-state index in [1.807, 2.05) is 12.1 Å². The van der Waals surface area contributed by atoms with Gasteiger partial charge in [0.25, 0.3) is 0 Å². The van der Waals surface area contributed by atoms with E-state index < -0.39 is 0 Å². The van der Waals surface area contributed by atoms with Crippen molar-refractivity contribution in [2.24, 2.45) is 0 Å². The Kier molecular flexibility index (Phi) is 2.59. The predicted octanol–water partition coefficient (Wildman–Crippen LogP) is 3.53. The van der Waals surface area contributed by atoms with Crippen LogP contribution in [-0.4, -0.2) is 5.78 Å². The van der Waals surface area contributed by atoms with E-state index in [0.717, 1.165) is 5.56 Å². The molecule has 0 amide bonds. The first kappa shape index (κ1) is 11.0. The number of fused-ring (bicyclic) bond motifs is 1. The molecule has 2 aromatic carbocycles. The summed E-state index contributed by atoms with van der Waals surface area (Å²) in [6.07, 6.45) is -0.0316. The van der Waals surface area contributed by atoms with E-state index in [-0.39, 0.29) is 17.7 Å². The highest BCUT2D eigenvalue weighted by molar-refractivity contribution is 5.99. The Morgan fingerprint density at radius 2 is 1.78 bits per heavy atom. The van der Waals surface area contributed by atoms with Crippen molar-refractivity contribution in [3.8, 4) is 5.75 Å². The molecule has 90 valence electrons. The monoisotopic (exact) mass is 242 g/mol. The van der Waals surface area contributed by atoms with Crippen LogP contribution in [0, 0.1) is 5.82 Å². The van der Waals surface area contributed by atoms with Gasteiger partial charge in [0.15, 0.2) is 5.78 Å². The molecular formula is C15H11FO2. The molecule has 0 aliphatic carbocycles. The summed E-state index contributed by atoms with van der Waals surface area (Å²) in [4.78, 5) is 12.0. The third-order valence-corrected chi connectivity index (χ3v) is 3.07. The number of para-hydroxylation sites is 1. The van der Waals surface area contributed by atoms with Crippen molar-refractivity contribution in [1.82, 2.24) is 0 Å². The molecule has 0 saturated heterocycles. The standard InChI is InChI=1S/C15H11FO2/c16-11-7-5-10(6-8-11)15-9-13(17)12-3-1-2-4-14(12)18-15/h1-8,15H,9H2/t15-/m0/s1. The summed E-state index contributed by atoms with van der Waals surface area (Å²) in [5.41, 5.74) is 1.44. The van der Waals surface area contributed by atoms with E-state index in [9.17, 15) is 9.18 Å². The zero-order valence-electron chi connectivity index (χ0n) is 9.60. The van der Waals surface area contributed by atoms with Crippen molar-refractivity contribution in [2.45, 2.75) is 12.5 Å². The summed E-state index contributed by atoms with van der Waals surface area (Å²) in [5, 5.41) is 0. The first-order chi connectivity index (χ1) is 8.74. The minimum Gasteiger partial charge on any atom is -0.484 e. The van der Waals surface area contributed by atoms with Crippen LogP contribution in [0.25, 0.3) is 0 Å². The lowest BCUT2D eigenvalue weighted by Gasteiger charge is -2.25. The molecule has 0 bridgehead atoms. The van der Waals surface area contributed by atoms with Crippen LogP contribution in [0.1, 0.15) is 28.4 Å². The van der Waals surface area contributed by atoms with Gasteiger partial charge in [0.1, 0.15) is 17.7 Å². The number of carbonyl (C=O) groups excluding carboxylic acids is 1. The van der Waals surface area contributed by atoms with E-state index >= 15 is 0 Å². The molecule has 2 nitrogen and oxygen atoms in total. The Balaban J connectivity index is 1.94. The van der Waals surface area contributed by atoms with Crippen molar-refractivity contribution in [2.75, 3.05) is 0 Å². The fourth-order valence-electron chi connectivity index (χ4n) is 2.14. The largest absolute Gasteiger partial charge is 0.484 e. The Morgan fingerprint density at radius 3 is 2.56 bits per heavy atom. The number of halogens is 1. The summed E-state index contributed by atoms with van der Waals surface area (Å²) in [7, 11) is 0. The van der Waals surface area contributed by atoms with Crippen molar-refractivity contribution in [3.05, 3.63) is 65.5 Å². The van der Waals surface area contributed by atoms with Crippen LogP contribution in [-0.2, 0) is 0 Å². The number of ketones is 1. The van der Waals surface area contributed by atoms with Crippen LogP contribution < -0.4 is 4.74 Å². The maximum atomic E-state index is 12.9. The van der Waals surface area contributed by atoms with Gasteiger partial charge in [-0.2, -0.15) is 0 Å². The lowest BCUT2D eigenvalue weighted by atomic mass is 9.96. The van der Waals surface area contributed by atoms with Gasteiger partial charge < -0.3 is 4.74 Å². The van der Waals surface area contributed by atoms with Gasteiger partial charge in [0.2, 0.25) is 0 Å². The van der Waals surface area contributed by atoms with Crippen molar-refractivity contribution in [3.63, 3.8) is 0 Å². The van der Waals surface area contributed by atoms with E-state index in [0.29, 0.717) is 17.7 Å². The first-order valence-corrected chi connectivity index (χ1v) is 5.78. The molecule has 3 heteroatoms. The third-order valence-electron chi connectivity index (χ3n) is 3.07. The zero-order chi connectivity index (χ0) is 12.5. The van der Waals surface area contributed by atoms with Crippen molar-refractivity contribution in [1.29, 1.82) is 0 Å². The first-order valence-electron chi connectivity index (χ1n) is 5.78. The van der Waals surface area contributed by atoms with Gasteiger partial charge in [0, 0.05) is 0 Å². The summed E-state index contributed by atoms with van der Waals surface area (Å²) in [5.74, 6) is 0.371. The van der Waals surface area contributed by atoms with Crippen molar-refractivity contribution >= 4 is 5.78 Å². The molecule has 18 heavy (non-hydrogen) atoms. The van der Waals surface area contributed by atoms with Crippen LogP contribution in [0.5, 0.6) is 5.75 Å². The summed E-state index contributed by atoms with van der Waals surface area (Å²) < 4.78 is 18.6. The summed E-state index contributed by atoms with van der Waals surface area (Å²) >= 11 is 0. The normalized spacial score (nSPS) is 18.1. The maximum Gasteiger partial charge on any atom is 0.170 e. The fraction of sp³-hybridized carbons (Fsp3) is 0.133. The number of carbonyl (C=O) groups is 1. The van der Waals surface area contributed by atoms with Gasteiger partial charge in [-0.1, -0.05) is 24.3 Å². The second kappa shape index (κ2) is 4.26. The van der Waals surface area contributed by atoms with E-state index in [4.69, 9.17) is 4.74 Å². The molecule has 0 N–H and O–H groups in total. The van der Waals surface area contributed by atoms with Crippen molar-refractivity contribution < 1.29 is 13.9 Å². The zero-order valence-corrected chi connectivity index (χ0v) is 9.60. The van der Waals surface area contributed by atoms with Crippen LogP contribution in [0.2, 0.25) is 0 Å². The van der Waals surface area contributed by atoms with E-state index in [1.165, 1.54) is 12.1 Å². The molecule has 1 heterocycles. The lowest BCUT2D eigenvalue weighted by molar-refractivity contribution is 0.0850. The highest BCUT2D eigenvalue weighted by Gasteiger charge is 2.27. The minimum absolute atomic E-state index is 0.0613. The van der Waals surface area contributed by atoms with Crippen LogP contribution in [0.15, 0.2) is 48.5 Å². The SMILES string of the molecule is O=C1C[C@@H](c2ccc(F)cc2)Oc2ccccc21. The number of Topliss-reactive ketones (excluding diaryl/α,β-unsaturated/α-hetero) is 1. The fourth-order valence-corrected chi connectivity index (χ4v) is 2.14. The number of ether oxygens (including phenoxy) is 1. The average Bonchev–Trinajstić information content (AvgIpc) is 2.39. The van der Waals surface area contributed by atoms with Gasteiger partial charge in [0.05, 0.1) is 12.0 Å². The van der Waals surface area contributed by atoms with Gasteiger partial charge in [-0.15, -0.1) is 0 Å². The van der Waals surface area contributed by atoms with E-state index in [2.05, 4.69) is 0 Å². The number of rotatable bonds is 1. The lowest BCUT2D eigenvalue weighted by Crippen LogP contribution is -2.20. The molecule has 0 fully saturated rings. The van der Waals surface area contributed by atoms with Gasteiger partial charge in [-0.25, -0.2) is 4.39 Å². The molecular weight excluding hydrogens is 231 g/mol. The second-order valence-corrected chi connectivity index (χ2v) is 4.28. The Bertz CT molecular complexity index is 590. The van der Waals surface area contributed by atoms with Crippen LogP contribution >= 0.6 is 0 Å². The maximum absolute atomic E-state index is 12.9. The molecule has 0 spiro atoms. The molecule has 1 atom stereocenters. The molecule has 3 rings (SSSR count). The molecule has 1 aliphatic heterocycles. The molecule has 2 aromatic rings. The Hall–Kier alpha value is -2.16. The highest BCUT2D eigenvalue weighted by atomic mass is 19.1. The Morgan fingerprint density at radius 1 is 1.06 bits per heavy atom. The minimum atomic E-state index is -0.326. The third kappa shape index (κ3) is 1.88.